The van der Waals surface area contributed by atoms with Crippen LogP contribution in [0.4, 0.5) is 0 Å². The van der Waals surface area contributed by atoms with Crippen molar-refractivity contribution in [2.45, 2.75) is 13.8 Å². The summed E-state index contributed by atoms with van der Waals surface area (Å²) in [5.74, 6) is -0.296. The van der Waals surface area contributed by atoms with E-state index in [-0.39, 0.29) is 5.97 Å². The van der Waals surface area contributed by atoms with Crippen LogP contribution in [0.2, 0.25) is 0 Å². The van der Waals surface area contributed by atoms with Crippen molar-refractivity contribution in [1.29, 1.82) is 0 Å². The van der Waals surface area contributed by atoms with Gasteiger partial charge in [-0.15, -0.1) is 0 Å². The Bertz CT molecular complexity index is 134. The van der Waals surface area contributed by atoms with Crippen LogP contribution in [-0.4, -0.2) is 5.97 Å². The number of hydrogen-bond donors (Lipinski definition) is 0. The molecule has 0 aromatic carbocycles. The SMILES string of the molecule is C/C=C\C=C\OC(C)=O. The van der Waals surface area contributed by atoms with Crippen LogP contribution in [-0.2, 0) is 9.53 Å². The average molecular weight is 126 g/mol. The number of allylic oxidation sites excluding steroid dienone is 3. The third-order valence-electron chi connectivity index (χ3n) is 0.616. The van der Waals surface area contributed by atoms with Gasteiger partial charge >= 0.3 is 5.97 Å². The lowest BCUT2D eigenvalue weighted by atomic mass is 10.5. The lowest BCUT2D eigenvalue weighted by molar-refractivity contribution is -0.135. The number of esters is 1. The molecule has 0 saturated carbocycles. The van der Waals surface area contributed by atoms with Crippen molar-refractivity contribution in [3.63, 3.8) is 0 Å². The highest BCUT2D eigenvalue weighted by Crippen LogP contribution is 1.79. The molecule has 0 N–H and O–H groups in total. The quantitative estimate of drug-likeness (QED) is 0.319. The third-order valence-corrected chi connectivity index (χ3v) is 0.616. The molecule has 2 nitrogen and oxygen atoms in total. The molecule has 0 radical (unpaired) electrons. The Hall–Kier alpha value is -1.05. The average Bonchev–Trinajstić information content (AvgIpc) is 1.80. The number of ether oxygens (including phenoxy) is 1. The monoisotopic (exact) mass is 126 g/mol. The summed E-state index contributed by atoms with van der Waals surface area (Å²) in [6, 6.07) is 0. The molecule has 0 fully saturated rings. The van der Waals surface area contributed by atoms with E-state index in [9.17, 15) is 4.79 Å². The molecule has 0 aromatic heterocycles. The topological polar surface area (TPSA) is 26.3 Å². The molecule has 0 rings (SSSR count). The Labute approximate surface area is 54.8 Å². The normalized spacial score (nSPS) is 10.9. The largest absolute Gasteiger partial charge is 0.435 e. The van der Waals surface area contributed by atoms with E-state index in [0.29, 0.717) is 0 Å². The summed E-state index contributed by atoms with van der Waals surface area (Å²) >= 11 is 0. The Morgan fingerprint density at radius 3 is 2.56 bits per heavy atom. The smallest absolute Gasteiger partial charge is 0.307 e. The summed E-state index contributed by atoms with van der Waals surface area (Å²) in [6.45, 7) is 3.25. The Balaban J connectivity index is 3.36. The predicted octanol–water partition coefficient (Wildman–Crippen LogP) is 1.64. The standard InChI is InChI=1S/C7H10O2/c1-3-4-5-6-9-7(2)8/h3-6H,1-2H3/b4-3-,6-5+. The van der Waals surface area contributed by atoms with Gasteiger partial charge in [-0.25, -0.2) is 0 Å². The second kappa shape index (κ2) is 5.09. The summed E-state index contributed by atoms with van der Waals surface area (Å²) in [4.78, 5) is 10.1. The Morgan fingerprint density at radius 2 is 2.11 bits per heavy atom. The van der Waals surface area contributed by atoms with Crippen molar-refractivity contribution in [2.75, 3.05) is 0 Å². The van der Waals surface area contributed by atoms with Gasteiger partial charge in [-0.05, 0) is 13.0 Å². The van der Waals surface area contributed by atoms with Crippen LogP contribution in [0.25, 0.3) is 0 Å². The maximum atomic E-state index is 10.1. The lowest BCUT2D eigenvalue weighted by Crippen LogP contribution is -1.88. The van der Waals surface area contributed by atoms with Crippen molar-refractivity contribution >= 4 is 5.97 Å². The third kappa shape index (κ3) is 6.95. The van der Waals surface area contributed by atoms with Crippen LogP contribution in [0.1, 0.15) is 13.8 Å². The van der Waals surface area contributed by atoms with Gasteiger partial charge in [0.05, 0.1) is 6.26 Å². The molecular weight excluding hydrogens is 116 g/mol. The van der Waals surface area contributed by atoms with E-state index in [1.807, 2.05) is 13.0 Å². The number of hydrogen-bond acceptors (Lipinski definition) is 2. The van der Waals surface area contributed by atoms with Gasteiger partial charge in [0.15, 0.2) is 0 Å². The number of rotatable bonds is 2. The highest BCUT2D eigenvalue weighted by atomic mass is 16.5. The molecule has 50 valence electrons. The zero-order chi connectivity index (χ0) is 7.11. The fourth-order valence-corrected chi connectivity index (χ4v) is 0.292. The molecule has 0 aliphatic carbocycles. The van der Waals surface area contributed by atoms with Gasteiger partial charge < -0.3 is 4.74 Å². The van der Waals surface area contributed by atoms with Crippen molar-refractivity contribution in [2.24, 2.45) is 0 Å². The molecule has 0 aromatic rings. The second-order valence-electron chi connectivity index (χ2n) is 1.46. The predicted molar refractivity (Wildman–Crippen MR) is 35.7 cm³/mol. The van der Waals surface area contributed by atoms with Gasteiger partial charge in [-0.3, -0.25) is 4.79 Å². The molecule has 9 heavy (non-hydrogen) atoms. The van der Waals surface area contributed by atoms with Crippen molar-refractivity contribution < 1.29 is 9.53 Å². The molecule has 0 heterocycles. The second-order valence-corrected chi connectivity index (χ2v) is 1.46. The molecule has 0 unspecified atom stereocenters. The van der Waals surface area contributed by atoms with E-state index in [0.717, 1.165) is 0 Å². The van der Waals surface area contributed by atoms with Crippen molar-refractivity contribution in [1.82, 2.24) is 0 Å². The van der Waals surface area contributed by atoms with Crippen LogP contribution in [0.15, 0.2) is 24.5 Å². The van der Waals surface area contributed by atoms with Crippen LogP contribution >= 0.6 is 0 Å². The summed E-state index contributed by atoms with van der Waals surface area (Å²) < 4.78 is 4.47. The fourth-order valence-electron chi connectivity index (χ4n) is 0.292. The van der Waals surface area contributed by atoms with Gasteiger partial charge in [-0.2, -0.15) is 0 Å². The minimum absolute atomic E-state index is 0.296. The summed E-state index contributed by atoms with van der Waals surface area (Å²) in [6.07, 6.45) is 6.63. The maximum Gasteiger partial charge on any atom is 0.307 e. The Kier molecular flexibility index (Phi) is 4.50. The summed E-state index contributed by atoms with van der Waals surface area (Å²) in [7, 11) is 0. The van der Waals surface area contributed by atoms with Crippen LogP contribution in [0.3, 0.4) is 0 Å². The first-order valence-corrected chi connectivity index (χ1v) is 2.72. The summed E-state index contributed by atoms with van der Waals surface area (Å²) in [5, 5.41) is 0. The van der Waals surface area contributed by atoms with E-state index in [1.165, 1.54) is 13.2 Å². The molecule has 0 atom stereocenters. The molecule has 0 saturated heterocycles. The van der Waals surface area contributed by atoms with E-state index in [1.54, 1.807) is 12.2 Å². The highest BCUT2D eigenvalue weighted by Gasteiger charge is 1.81. The van der Waals surface area contributed by atoms with E-state index >= 15 is 0 Å². The molecule has 0 aliphatic heterocycles. The van der Waals surface area contributed by atoms with E-state index < -0.39 is 0 Å². The first kappa shape index (κ1) is 7.95. The van der Waals surface area contributed by atoms with E-state index in [2.05, 4.69) is 4.74 Å². The molecule has 0 spiro atoms. The molecule has 0 amide bonds. The maximum absolute atomic E-state index is 10.1. The first-order chi connectivity index (χ1) is 4.27. The van der Waals surface area contributed by atoms with Gasteiger partial charge in [0.1, 0.15) is 0 Å². The van der Waals surface area contributed by atoms with Gasteiger partial charge in [0.25, 0.3) is 0 Å². The van der Waals surface area contributed by atoms with E-state index in [4.69, 9.17) is 0 Å². The molecule has 0 aliphatic rings. The molecule has 0 bridgehead atoms. The minimum Gasteiger partial charge on any atom is -0.435 e. The number of carbonyl (C=O) groups excluding carboxylic acids is 1. The lowest BCUT2D eigenvalue weighted by Gasteiger charge is -1.86. The zero-order valence-corrected chi connectivity index (χ0v) is 5.63. The van der Waals surface area contributed by atoms with Crippen LogP contribution < -0.4 is 0 Å². The zero-order valence-electron chi connectivity index (χ0n) is 5.63. The van der Waals surface area contributed by atoms with Crippen LogP contribution in [0.5, 0.6) is 0 Å². The Morgan fingerprint density at radius 1 is 1.44 bits per heavy atom. The van der Waals surface area contributed by atoms with Crippen molar-refractivity contribution in [3.05, 3.63) is 24.5 Å². The molecule has 2 heteroatoms. The van der Waals surface area contributed by atoms with Gasteiger partial charge in [0, 0.05) is 6.92 Å². The minimum atomic E-state index is -0.296. The highest BCUT2D eigenvalue weighted by molar-refractivity contribution is 5.66. The van der Waals surface area contributed by atoms with Gasteiger partial charge in [0.2, 0.25) is 0 Å². The van der Waals surface area contributed by atoms with Crippen molar-refractivity contribution in [3.8, 4) is 0 Å². The first-order valence-electron chi connectivity index (χ1n) is 2.72. The summed E-state index contributed by atoms with van der Waals surface area (Å²) in [5.41, 5.74) is 0. The van der Waals surface area contributed by atoms with Crippen LogP contribution in [0, 0.1) is 0 Å². The fraction of sp³-hybridized carbons (Fsp3) is 0.286. The molecular formula is C7H10O2. The number of carbonyl (C=O) groups is 1. The van der Waals surface area contributed by atoms with Gasteiger partial charge in [-0.1, -0.05) is 12.2 Å².